The van der Waals surface area contributed by atoms with Gasteiger partial charge in [-0.3, -0.25) is 14.4 Å². The predicted octanol–water partition coefficient (Wildman–Crippen LogP) is 0.196. The van der Waals surface area contributed by atoms with Gasteiger partial charge in [-0.1, -0.05) is 30.4 Å². The van der Waals surface area contributed by atoms with Crippen molar-refractivity contribution >= 4 is 17.7 Å². The first kappa shape index (κ1) is 19.1. The Bertz CT molecular complexity index is 888. The molecule has 3 fully saturated rings. The zero-order valence-corrected chi connectivity index (χ0v) is 16.7. The van der Waals surface area contributed by atoms with Gasteiger partial charge in [0, 0.05) is 26.1 Å². The summed E-state index contributed by atoms with van der Waals surface area (Å²) in [6.07, 6.45) is 3.78. The Morgan fingerprint density at radius 1 is 1.23 bits per heavy atom. The van der Waals surface area contributed by atoms with Crippen LogP contribution in [0.5, 0.6) is 5.75 Å². The van der Waals surface area contributed by atoms with Crippen LogP contribution in [0.4, 0.5) is 0 Å². The van der Waals surface area contributed by atoms with E-state index in [1.165, 1.54) is 0 Å². The third-order valence-electron chi connectivity index (χ3n) is 6.46. The molecule has 30 heavy (non-hydrogen) atoms. The normalized spacial score (nSPS) is 32.2. The fourth-order valence-electron chi connectivity index (χ4n) is 5.04. The van der Waals surface area contributed by atoms with Gasteiger partial charge in [-0.05, 0) is 12.1 Å². The lowest BCUT2D eigenvalue weighted by Crippen LogP contribution is -2.47. The lowest BCUT2D eigenvalue weighted by molar-refractivity contribution is -0.143. The highest BCUT2D eigenvalue weighted by atomic mass is 16.5. The molecule has 3 saturated heterocycles. The van der Waals surface area contributed by atoms with Gasteiger partial charge in [-0.25, -0.2) is 0 Å². The maximum atomic E-state index is 13.3. The molecule has 1 aromatic carbocycles. The van der Waals surface area contributed by atoms with Gasteiger partial charge in [-0.15, -0.1) is 0 Å². The van der Waals surface area contributed by atoms with Crippen LogP contribution in [0, 0.1) is 11.8 Å². The number of likely N-dealkylation sites (tertiary alicyclic amines) is 1. The Balaban J connectivity index is 1.27. The molecule has 0 aromatic heterocycles. The third kappa shape index (κ3) is 3.15. The predicted molar refractivity (Wildman–Crippen MR) is 106 cm³/mol. The van der Waals surface area contributed by atoms with E-state index in [1.807, 2.05) is 42.5 Å². The van der Waals surface area contributed by atoms with Crippen molar-refractivity contribution in [1.29, 1.82) is 0 Å². The smallest absolute Gasteiger partial charge is 0.230 e. The molecule has 5 rings (SSSR count). The number of rotatable bonds is 5. The maximum absolute atomic E-state index is 13.3. The number of para-hydroxylation sites is 1. The molecule has 0 radical (unpaired) electrons. The number of hydrogen-bond acceptors (Lipinski definition) is 5. The second-order valence-corrected chi connectivity index (χ2v) is 8.25. The summed E-state index contributed by atoms with van der Waals surface area (Å²) in [7, 11) is 0. The number of carbonyl (C=O) groups excluding carboxylic acids is 3. The van der Waals surface area contributed by atoms with Crippen LogP contribution in [0.15, 0.2) is 42.5 Å². The van der Waals surface area contributed by atoms with Gasteiger partial charge in [0.25, 0.3) is 0 Å². The standard InChI is InChI=1S/C22H25N3O5/c26-17-7-10-24(11-9-23-17)20(27)18-16-6-8-22(30-16)14-25(21(28)19(18)22)12-13-29-15-4-2-1-3-5-15/h1-6,8,16,18-19H,7,9-14H2,(H,23,26)/t16-,18-,19+,22-/m0/s1. The minimum atomic E-state index is -0.727. The Kier molecular flexibility index (Phi) is 4.73. The Morgan fingerprint density at radius 2 is 2.07 bits per heavy atom. The van der Waals surface area contributed by atoms with Gasteiger partial charge in [0.1, 0.15) is 18.0 Å². The van der Waals surface area contributed by atoms with Crippen molar-refractivity contribution in [2.75, 3.05) is 39.3 Å². The van der Waals surface area contributed by atoms with E-state index in [1.54, 1.807) is 9.80 Å². The average Bonchev–Trinajstić information content (AvgIpc) is 3.32. The highest BCUT2D eigenvalue weighted by Gasteiger charge is 2.67. The van der Waals surface area contributed by atoms with Crippen molar-refractivity contribution in [3.8, 4) is 5.75 Å². The first-order valence-electron chi connectivity index (χ1n) is 10.5. The van der Waals surface area contributed by atoms with Crippen LogP contribution in [-0.4, -0.2) is 78.6 Å². The average molecular weight is 411 g/mol. The number of hydrogen-bond donors (Lipinski definition) is 1. The molecule has 8 nitrogen and oxygen atoms in total. The van der Waals surface area contributed by atoms with Crippen molar-refractivity contribution in [2.24, 2.45) is 11.8 Å². The molecule has 0 unspecified atom stereocenters. The van der Waals surface area contributed by atoms with E-state index in [0.29, 0.717) is 39.3 Å². The van der Waals surface area contributed by atoms with Crippen molar-refractivity contribution < 1.29 is 23.9 Å². The number of amides is 3. The molecule has 4 atom stereocenters. The molecule has 4 aliphatic rings. The number of nitrogens with one attached hydrogen (secondary N) is 1. The molecule has 1 N–H and O–H groups in total. The summed E-state index contributed by atoms with van der Waals surface area (Å²) in [5, 5.41) is 2.78. The second-order valence-electron chi connectivity index (χ2n) is 8.25. The summed E-state index contributed by atoms with van der Waals surface area (Å²) in [4.78, 5) is 41.6. The maximum Gasteiger partial charge on any atom is 0.230 e. The summed E-state index contributed by atoms with van der Waals surface area (Å²) < 4.78 is 11.9. The topological polar surface area (TPSA) is 88.2 Å². The minimum Gasteiger partial charge on any atom is -0.492 e. The molecule has 1 aromatic rings. The monoisotopic (exact) mass is 411 g/mol. The summed E-state index contributed by atoms with van der Waals surface area (Å²) in [5.41, 5.74) is -0.727. The molecule has 0 aliphatic carbocycles. The Hall–Kier alpha value is -2.87. The molecule has 0 saturated carbocycles. The Morgan fingerprint density at radius 3 is 2.90 bits per heavy atom. The molecule has 8 heteroatoms. The molecule has 158 valence electrons. The zero-order valence-electron chi connectivity index (χ0n) is 16.7. The van der Waals surface area contributed by atoms with Gasteiger partial charge in [0.05, 0.1) is 31.0 Å². The molecular formula is C22H25N3O5. The number of fused-ring (bicyclic) bond motifs is 1. The summed E-state index contributed by atoms with van der Waals surface area (Å²) >= 11 is 0. The van der Waals surface area contributed by atoms with E-state index in [4.69, 9.17) is 9.47 Å². The number of carbonyl (C=O) groups is 3. The first-order valence-corrected chi connectivity index (χ1v) is 10.5. The van der Waals surface area contributed by atoms with Crippen molar-refractivity contribution in [1.82, 2.24) is 15.1 Å². The highest BCUT2D eigenvalue weighted by Crippen LogP contribution is 2.52. The fourth-order valence-corrected chi connectivity index (χ4v) is 5.04. The van der Waals surface area contributed by atoms with Gasteiger partial charge < -0.3 is 24.6 Å². The van der Waals surface area contributed by atoms with E-state index in [-0.39, 0.29) is 30.2 Å². The van der Waals surface area contributed by atoms with Crippen LogP contribution in [0.3, 0.4) is 0 Å². The number of nitrogens with zero attached hydrogens (tertiary/aromatic N) is 2. The zero-order chi connectivity index (χ0) is 20.7. The van der Waals surface area contributed by atoms with Crippen LogP contribution in [-0.2, 0) is 19.1 Å². The van der Waals surface area contributed by atoms with E-state index >= 15 is 0 Å². The van der Waals surface area contributed by atoms with Crippen molar-refractivity contribution in [2.45, 2.75) is 18.1 Å². The van der Waals surface area contributed by atoms with Crippen LogP contribution in [0.25, 0.3) is 0 Å². The third-order valence-corrected chi connectivity index (χ3v) is 6.46. The lowest BCUT2D eigenvalue weighted by Gasteiger charge is -2.29. The molecule has 1 spiro atoms. The van der Waals surface area contributed by atoms with Gasteiger partial charge >= 0.3 is 0 Å². The lowest BCUT2D eigenvalue weighted by atomic mass is 9.76. The quantitative estimate of drug-likeness (QED) is 0.700. The first-order chi connectivity index (χ1) is 14.6. The Labute approximate surface area is 174 Å². The van der Waals surface area contributed by atoms with Crippen LogP contribution in [0.2, 0.25) is 0 Å². The molecule has 3 amide bonds. The highest BCUT2D eigenvalue weighted by molar-refractivity contribution is 5.93. The number of ether oxygens (including phenoxy) is 2. The van der Waals surface area contributed by atoms with Crippen molar-refractivity contribution in [3.63, 3.8) is 0 Å². The second kappa shape index (κ2) is 7.43. The van der Waals surface area contributed by atoms with Gasteiger partial charge in [0.2, 0.25) is 17.7 Å². The van der Waals surface area contributed by atoms with Crippen LogP contribution < -0.4 is 10.1 Å². The summed E-state index contributed by atoms with van der Waals surface area (Å²) in [5.74, 6) is -0.479. The largest absolute Gasteiger partial charge is 0.492 e. The van der Waals surface area contributed by atoms with Crippen LogP contribution >= 0.6 is 0 Å². The van der Waals surface area contributed by atoms with Gasteiger partial charge in [0.15, 0.2) is 0 Å². The SMILES string of the molecule is O=C1CCN(C(=O)[C@H]2[C@@H]3C=C[C@@]4(CN(CCOc5ccccc5)C(=O)[C@@H]24)O3)CCN1. The van der Waals surface area contributed by atoms with E-state index in [2.05, 4.69) is 5.32 Å². The molecule has 2 bridgehead atoms. The van der Waals surface area contributed by atoms with Gasteiger partial charge in [-0.2, -0.15) is 0 Å². The minimum absolute atomic E-state index is 0.0487. The van der Waals surface area contributed by atoms with E-state index < -0.39 is 17.4 Å². The van der Waals surface area contributed by atoms with Crippen LogP contribution in [0.1, 0.15) is 6.42 Å². The van der Waals surface area contributed by atoms with E-state index in [9.17, 15) is 14.4 Å². The summed E-state index contributed by atoms with van der Waals surface area (Å²) in [6, 6.07) is 9.48. The molecular weight excluding hydrogens is 386 g/mol. The fraction of sp³-hybridized carbons (Fsp3) is 0.500. The molecule has 4 aliphatic heterocycles. The molecule has 4 heterocycles. The van der Waals surface area contributed by atoms with Crippen molar-refractivity contribution in [3.05, 3.63) is 42.5 Å². The number of benzene rings is 1. The summed E-state index contributed by atoms with van der Waals surface area (Å²) in [6.45, 7) is 2.53. The van der Waals surface area contributed by atoms with E-state index in [0.717, 1.165) is 5.75 Å².